The van der Waals surface area contributed by atoms with E-state index in [1.54, 1.807) is 24.3 Å². The van der Waals surface area contributed by atoms with Gasteiger partial charge in [0.2, 0.25) is 5.91 Å². The molecule has 1 amide bonds. The molecule has 2 rings (SSSR count). The number of fused-ring (bicyclic) bond motifs is 1. The van der Waals surface area contributed by atoms with Crippen molar-refractivity contribution in [1.82, 2.24) is 5.32 Å². The molecule has 1 atom stereocenters. The summed E-state index contributed by atoms with van der Waals surface area (Å²) in [7, 11) is 0. The number of carbonyl (C=O) groups excluding carboxylic acids is 2. The van der Waals surface area contributed by atoms with Crippen molar-refractivity contribution in [3.05, 3.63) is 29.8 Å². The van der Waals surface area contributed by atoms with Crippen molar-refractivity contribution in [1.29, 1.82) is 10.5 Å². The lowest BCUT2D eigenvalue weighted by molar-refractivity contribution is -0.146. The average Bonchev–Trinajstić information content (AvgIpc) is 2.40. The summed E-state index contributed by atoms with van der Waals surface area (Å²) >= 11 is 0. The normalized spacial score (nSPS) is 20.4. The Balaban J connectivity index is 2.33. The lowest BCUT2D eigenvalue weighted by Gasteiger charge is -2.29. The maximum absolute atomic E-state index is 11.9. The number of hydrogen-bond acceptors (Lipinski definition) is 5. The summed E-state index contributed by atoms with van der Waals surface area (Å²) in [5.41, 5.74) is -0.886. The van der Waals surface area contributed by atoms with Crippen molar-refractivity contribution in [2.45, 2.75) is 12.8 Å². The summed E-state index contributed by atoms with van der Waals surface area (Å²) < 4.78 is 5.09. The van der Waals surface area contributed by atoms with Crippen LogP contribution in [0.5, 0.6) is 5.75 Å². The van der Waals surface area contributed by atoms with Crippen LogP contribution in [0.15, 0.2) is 24.3 Å². The van der Waals surface area contributed by atoms with E-state index in [0.29, 0.717) is 11.3 Å². The number of amides is 1. The Hall–Kier alpha value is -2.86. The zero-order valence-corrected chi connectivity index (χ0v) is 9.84. The smallest absolute Gasteiger partial charge is 0.332 e. The lowest BCUT2D eigenvalue weighted by atomic mass is 9.78. The molecule has 1 unspecified atom stereocenters. The van der Waals surface area contributed by atoms with Crippen LogP contribution in [0.1, 0.15) is 12.0 Å². The molecule has 0 radical (unpaired) electrons. The Labute approximate surface area is 109 Å². The molecule has 0 aliphatic carbocycles. The summed E-state index contributed by atoms with van der Waals surface area (Å²) in [6, 6.07) is 8.69. The molecule has 19 heavy (non-hydrogen) atoms. The Morgan fingerprint density at radius 2 is 2.16 bits per heavy atom. The molecule has 0 saturated carbocycles. The van der Waals surface area contributed by atoms with E-state index in [4.69, 9.17) is 10.00 Å². The summed E-state index contributed by atoms with van der Waals surface area (Å²) in [5.74, 6) is -1.04. The molecule has 6 heteroatoms. The van der Waals surface area contributed by atoms with Crippen molar-refractivity contribution in [2.24, 2.45) is 5.41 Å². The number of benzene rings is 1. The van der Waals surface area contributed by atoms with Crippen molar-refractivity contribution in [3.63, 3.8) is 0 Å². The SMILES string of the molecule is N#CNC(=O)CC1(C#N)Cc2ccccc2OC1=O. The number of nitriles is 2. The van der Waals surface area contributed by atoms with Crippen molar-refractivity contribution in [3.8, 4) is 18.0 Å². The van der Waals surface area contributed by atoms with Crippen molar-refractivity contribution < 1.29 is 14.3 Å². The number of rotatable bonds is 2. The summed E-state index contributed by atoms with van der Waals surface area (Å²) in [5, 5.41) is 19.5. The van der Waals surface area contributed by atoms with E-state index in [2.05, 4.69) is 0 Å². The molecule has 1 aromatic carbocycles. The molecule has 1 aliphatic rings. The fourth-order valence-corrected chi connectivity index (χ4v) is 1.98. The van der Waals surface area contributed by atoms with Crippen molar-refractivity contribution in [2.75, 3.05) is 0 Å². The maximum Gasteiger partial charge on any atom is 0.332 e. The molecule has 1 aliphatic heterocycles. The highest BCUT2D eigenvalue weighted by Gasteiger charge is 2.46. The minimum atomic E-state index is -1.57. The number of carbonyl (C=O) groups is 2. The number of nitrogens with one attached hydrogen (secondary N) is 1. The molecule has 0 spiro atoms. The van der Waals surface area contributed by atoms with E-state index in [1.165, 1.54) is 6.19 Å². The number of esters is 1. The predicted molar refractivity (Wildman–Crippen MR) is 62.2 cm³/mol. The van der Waals surface area contributed by atoms with Crippen LogP contribution >= 0.6 is 0 Å². The fourth-order valence-electron chi connectivity index (χ4n) is 1.98. The minimum absolute atomic E-state index is 0.0946. The first-order valence-electron chi connectivity index (χ1n) is 5.51. The van der Waals surface area contributed by atoms with Crippen molar-refractivity contribution >= 4 is 11.9 Å². The quantitative estimate of drug-likeness (QED) is 0.361. The van der Waals surface area contributed by atoms with Gasteiger partial charge >= 0.3 is 5.97 Å². The molecule has 1 N–H and O–H groups in total. The first-order chi connectivity index (χ1) is 9.11. The van der Waals surface area contributed by atoms with Crippen LogP contribution in [0.4, 0.5) is 0 Å². The number of para-hydroxylation sites is 1. The van der Waals surface area contributed by atoms with Crippen LogP contribution in [-0.4, -0.2) is 11.9 Å². The Kier molecular flexibility index (Phi) is 3.17. The van der Waals surface area contributed by atoms with E-state index in [-0.39, 0.29) is 6.42 Å². The summed E-state index contributed by atoms with van der Waals surface area (Å²) in [6.45, 7) is 0. The zero-order valence-electron chi connectivity index (χ0n) is 9.84. The third-order valence-electron chi connectivity index (χ3n) is 2.93. The zero-order chi connectivity index (χ0) is 13.9. The summed E-state index contributed by atoms with van der Waals surface area (Å²) in [4.78, 5) is 23.4. The van der Waals surface area contributed by atoms with Gasteiger partial charge < -0.3 is 4.74 Å². The molecule has 0 bridgehead atoms. The Morgan fingerprint density at radius 1 is 1.42 bits per heavy atom. The Bertz CT molecular complexity index is 627. The third-order valence-corrected chi connectivity index (χ3v) is 2.93. The van der Waals surface area contributed by atoms with Gasteiger partial charge in [0.15, 0.2) is 11.6 Å². The number of hydrogen-bond donors (Lipinski definition) is 1. The van der Waals surface area contributed by atoms with Gasteiger partial charge in [-0.05, 0) is 11.6 Å². The van der Waals surface area contributed by atoms with E-state index in [9.17, 15) is 14.9 Å². The third kappa shape index (κ3) is 2.24. The number of ether oxygens (including phenoxy) is 1. The van der Waals surface area contributed by atoms with Crippen LogP contribution < -0.4 is 10.1 Å². The largest absolute Gasteiger partial charge is 0.425 e. The molecule has 0 saturated heterocycles. The second kappa shape index (κ2) is 4.79. The first-order valence-corrected chi connectivity index (χ1v) is 5.51. The van der Waals surface area contributed by atoms with Crippen LogP contribution in [-0.2, 0) is 16.0 Å². The van der Waals surface area contributed by atoms with Crippen LogP contribution in [0, 0.1) is 28.2 Å². The van der Waals surface area contributed by atoms with Gasteiger partial charge in [0, 0.05) is 6.42 Å². The fraction of sp³-hybridized carbons (Fsp3) is 0.231. The molecule has 6 nitrogen and oxygen atoms in total. The van der Waals surface area contributed by atoms with Gasteiger partial charge in [0.25, 0.3) is 0 Å². The molecule has 0 fully saturated rings. The molecular formula is C13H9N3O3. The van der Waals surface area contributed by atoms with Crippen LogP contribution in [0.25, 0.3) is 0 Å². The van der Waals surface area contributed by atoms with Gasteiger partial charge in [0.05, 0.1) is 12.5 Å². The average molecular weight is 255 g/mol. The standard InChI is InChI=1S/C13H9N3O3/c14-7-13(6-11(17)16-8-15)5-9-3-1-2-4-10(9)19-12(13)18/h1-4H,5-6H2,(H,16,17). The minimum Gasteiger partial charge on any atom is -0.425 e. The van der Waals surface area contributed by atoms with E-state index in [1.807, 2.05) is 11.4 Å². The maximum atomic E-state index is 11.9. The van der Waals surface area contributed by atoms with Gasteiger partial charge in [-0.15, -0.1) is 0 Å². The van der Waals surface area contributed by atoms with Gasteiger partial charge in [0.1, 0.15) is 5.75 Å². The van der Waals surface area contributed by atoms with E-state index < -0.39 is 23.7 Å². The van der Waals surface area contributed by atoms with Gasteiger partial charge in [-0.1, -0.05) is 18.2 Å². The lowest BCUT2D eigenvalue weighted by Crippen LogP contribution is -2.42. The summed E-state index contributed by atoms with van der Waals surface area (Å²) in [6.07, 6.45) is 1.17. The van der Waals surface area contributed by atoms with Crippen LogP contribution in [0.3, 0.4) is 0 Å². The monoisotopic (exact) mass is 255 g/mol. The highest BCUT2D eigenvalue weighted by Crippen LogP contribution is 2.37. The highest BCUT2D eigenvalue weighted by molar-refractivity contribution is 5.91. The van der Waals surface area contributed by atoms with Gasteiger partial charge in [-0.3, -0.25) is 10.1 Å². The predicted octanol–water partition coefficient (Wildman–Crippen LogP) is 0.645. The molecule has 1 heterocycles. The molecule has 1 aromatic rings. The highest BCUT2D eigenvalue weighted by atomic mass is 16.5. The number of nitrogens with zero attached hydrogens (tertiary/aromatic N) is 2. The van der Waals surface area contributed by atoms with E-state index >= 15 is 0 Å². The van der Waals surface area contributed by atoms with Gasteiger partial charge in [-0.25, -0.2) is 4.79 Å². The van der Waals surface area contributed by atoms with E-state index in [0.717, 1.165) is 0 Å². The molecule has 0 aromatic heterocycles. The topological polar surface area (TPSA) is 103 Å². The van der Waals surface area contributed by atoms with Crippen LogP contribution in [0.2, 0.25) is 0 Å². The van der Waals surface area contributed by atoms with Gasteiger partial charge in [-0.2, -0.15) is 10.5 Å². The second-order valence-corrected chi connectivity index (χ2v) is 4.20. The molecule has 94 valence electrons. The Morgan fingerprint density at radius 3 is 2.84 bits per heavy atom. The molecular weight excluding hydrogens is 246 g/mol. The first kappa shape index (κ1) is 12.6. The second-order valence-electron chi connectivity index (χ2n) is 4.20.